The van der Waals surface area contributed by atoms with Gasteiger partial charge in [0.1, 0.15) is 11.3 Å². The third-order valence-corrected chi connectivity index (χ3v) is 6.51. The number of carbonyl (C=O) groups excluding carboxylic acids is 1. The van der Waals surface area contributed by atoms with Gasteiger partial charge < -0.3 is 5.32 Å². The Morgan fingerprint density at radius 1 is 1.03 bits per heavy atom. The van der Waals surface area contributed by atoms with Gasteiger partial charge in [-0.05, 0) is 86.4 Å². The van der Waals surface area contributed by atoms with Crippen LogP contribution in [0.4, 0.5) is 17.6 Å². The standard InChI is InChI=1S/C25H24F4N2O/c1-15(31-24(32)18-9-11-19(12-10-18)25(27,28)29)16-5-7-17(8-6-16)20-13-14-30-23-21(20)3-2-4-22(23)26/h2-4,9-17H,5-8H2,1H3,(H,31,32)/t15-,16?,17?/m1/s1. The first-order valence-corrected chi connectivity index (χ1v) is 10.8. The monoisotopic (exact) mass is 444 g/mol. The number of benzene rings is 2. The first-order chi connectivity index (χ1) is 15.2. The summed E-state index contributed by atoms with van der Waals surface area (Å²) >= 11 is 0. The first-order valence-electron chi connectivity index (χ1n) is 10.8. The molecule has 1 aliphatic rings. The highest BCUT2D eigenvalue weighted by Gasteiger charge is 2.31. The van der Waals surface area contributed by atoms with E-state index in [0.29, 0.717) is 11.4 Å². The summed E-state index contributed by atoms with van der Waals surface area (Å²) in [4.78, 5) is 16.7. The van der Waals surface area contributed by atoms with E-state index in [-0.39, 0.29) is 29.2 Å². The largest absolute Gasteiger partial charge is 0.416 e. The molecule has 1 heterocycles. The number of nitrogens with zero attached hydrogens (tertiary/aromatic N) is 1. The van der Waals surface area contributed by atoms with E-state index in [4.69, 9.17) is 0 Å². The molecule has 4 rings (SSSR count). The highest BCUT2D eigenvalue weighted by molar-refractivity contribution is 5.94. The SMILES string of the molecule is C[C@@H](NC(=O)c1ccc(C(F)(F)F)cc1)C1CCC(c2ccnc3c(F)cccc23)CC1. The molecule has 1 aliphatic carbocycles. The predicted molar refractivity (Wildman–Crippen MR) is 115 cm³/mol. The van der Waals surface area contributed by atoms with Gasteiger partial charge >= 0.3 is 6.18 Å². The average molecular weight is 444 g/mol. The van der Waals surface area contributed by atoms with Crippen LogP contribution >= 0.6 is 0 Å². The van der Waals surface area contributed by atoms with Gasteiger partial charge in [0.15, 0.2) is 0 Å². The summed E-state index contributed by atoms with van der Waals surface area (Å²) in [5, 5.41) is 3.78. The maximum Gasteiger partial charge on any atom is 0.416 e. The molecule has 2 aromatic carbocycles. The molecule has 7 heteroatoms. The molecule has 0 spiro atoms. The molecular weight excluding hydrogens is 420 g/mol. The molecule has 1 atom stereocenters. The topological polar surface area (TPSA) is 42.0 Å². The van der Waals surface area contributed by atoms with E-state index in [0.717, 1.165) is 48.8 Å². The van der Waals surface area contributed by atoms with Crippen LogP contribution < -0.4 is 5.32 Å². The van der Waals surface area contributed by atoms with Crippen molar-refractivity contribution < 1.29 is 22.4 Å². The second kappa shape index (κ2) is 8.88. The third kappa shape index (κ3) is 4.61. The zero-order valence-electron chi connectivity index (χ0n) is 17.6. The van der Waals surface area contributed by atoms with Crippen molar-refractivity contribution in [1.82, 2.24) is 10.3 Å². The maximum absolute atomic E-state index is 14.1. The average Bonchev–Trinajstić information content (AvgIpc) is 2.78. The van der Waals surface area contributed by atoms with Crippen molar-refractivity contribution in [3.8, 4) is 0 Å². The molecule has 32 heavy (non-hydrogen) atoms. The van der Waals surface area contributed by atoms with Crippen molar-refractivity contribution in [3.05, 3.63) is 77.2 Å². The number of para-hydroxylation sites is 1. The fourth-order valence-electron chi connectivity index (χ4n) is 4.67. The fraction of sp³-hybridized carbons (Fsp3) is 0.360. The summed E-state index contributed by atoms with van der Waals surface area (Å²) in [5.41, 5.74) is 0.937. The quantitative estimate of drug-likeness (QED) is 0.468. The molecule has 1 N–H and O–H groups in total. The highest BCUT2D eigenvalue weighted by Crippen LogP contribution is 2.39. The number of halogens is 4. The smallest absolute Gasteiger partial charge is 0.349 e. The van der Waals surface area contributed by atoms with Crippen LogP contribution in [0.15, 0.2) is 54.7 Å². The number of rotatable bonds is 4. The highest BCUT2D eigenvalue weighted by atomic mass is 19.4. The van der Waals surface area contributed by atoms with Crippen molar-refractivity contribution in [2.45, 2.75) is 50.7 Å². The lowest BCUT2D eigenvalue weighted by Gasteiger charge is -2.33. The van der Waals surface area contributed by atoms with E-state index in [1.807, 2.05) is 19.1 Å². The van der Waals surface area contributed by atoms with Crippen LogP contribution in [0.2, 0.25) is 0 Å². The Morgan fingerprint density at radius 3 is 2.38 bits per heavy atom. The number of fused-ring (bicyclic) bond motifs is 1. The summed E-state index contributed by atoms with van der Waals surface area (Å²) < 4.78 is 52.2. The second-order valence-corrected chi connectivity index (χ2v) is 8.49. The Kier molecular flexibility index (Phi) is 6.17. The molecule has 3 nitrogen and oxygen atoms in total. The van der Waals surface area contributed by atoms with E-state index in [2.05, 4.69) is 10.3 Å². The van der Waals surface area contributed by atoms with Crippen LogP contribution in [0.5, 0.6) is 0 Å². The van der Waals surface area contributed by atoms with Crippen LogP contribution in [-0.4, -0.2) is 16.9 Å². The van der Waals surface area contributed by atoms with Crippen LogP contribution in [-0.2, 0) is 6.18 Å². The van der Waals surface area contributed by atoms with Crippen LogP contribution in [0.25, 0.3) is 10.9 Å². The molecule has 0 radical (unpaired) electrons. The third-order valence-electron chi connectivity index (χ3n) is 6.51. The van der Waals surface area contributed by atoms with Crippen molar-refractivity contribution in [3.63, 3.8) is 0 Å². The van der Waals surface area contributed by atoms with Gasteiger partial charge in [0.25, 0.3) is 5.91 Å². The van der Waals surface area contributed by atoms with Gasteiger partial charge in [0, 0.05) is 23.2 Å². The van der Waals surface area contributed by atoms with Gasteiger partial charge in [0.2, 0.25) is 0 Å². The van der Waals surface area contributed by atoms with Gasteiger partial charge in [-0.3, -0.25) is 9.78 Å². The van der Waals surface area contributed by atoms with Crippen molar-refractivity contribution >= 4 is 16.8 Å². The zero-order chi connectivity index (χ0) is 22.9. The number of nitrogens with one attached hydrogen (secondary N) is 1. The van der Waals surface area contributed by atoms with E-state index < -0.39 is 11.7 Å². The number of amides is 1. The number of hydrogen-bond acceptors (Lipinski definition) is 2. The number of alkyl halides is 3. The lowest BCUT2D eigenvalue weighted by Crippen LogP contribution is -2.39. The van der Waals surface area contributed by atoms with Gasteiger partial charge in [0.05, 0.1) is 5.56 Å². The van der Waals surface area contributed by atoms with Crippen molar-refractivity contribution in [2.24, 2.45) is 5.92 Å². The Balaban J connectivity index is 1.37. The molecule has 3 aromatic rings. The maximum atomic E-state index is 14.1. The Hall–Kier alpha value is -2.96. The van der Waals surface area contributed by atoms with Crippen molar-refractivity contribution in [1.29, 1.82) is 0 Å². The molecule has 1 fully saturated rings. The van der Waals surface area contributed by atoms with Gasteiger partial charge in [-0.25, -0.2) is 4.39 Å². The molecule has 1 amide bonds. The Bertz CT molecular complexity index is 1100. The molecule has 168 valence electrons. The molecule has 0 bridgehead atoms. The van der Waals surface area contributed by atoms with Crippen LogP contribution in [0.3, 0.4) is 0 Å². The second-order valence-electron chi connectivity index (χ2n) is 8.49. The molecular formula is C25H24F4N2O. The normalized spacial score (nSPS) is 20.2. The summed E-state index contributed by atoms with van der Waals surface area (Å²) in [7, 11) is 0. The summed E-state index contributed by atoms with van der Waals surface area (Å²) in [6.07, 6.45) is 0.866. The minimum absolute atomic E-state index is 0.0997. The van der Waals surface area contributed by atoms with Crippen molar-refractivity contribution in [2.75, 3.05) is 0 Å². The van der Waals surface area contributed by atoms with Crippen LogP contribution in [0.1, 0.15) is 60.0 Å². The van der Waals surface area contributed by atoms with E-state index in [1.54, 1.807) is 12.3 Å². The Labute approximate surface area is 183 Å². The van der Waals surface area contributed by atoms with E-state index in [9.17, 15) is 22.4 Å². The number of hydrogen-bond donors (Lipinski definition) is 1. The minimum atomic E-state index is -4.42. The summed E-state index contributed by atoms with van der Waals surface area (Å²) in [5.74, 6) is -0.118. The van der Waals surface area contributed by atoms with Gasteiger partial charge in [-0.1, -0.05) is 12.1 Å². The van der Waals surface area contributed by atoms with Gasteiger partial charge in [-0.15, -0.1) is 0 Å². The molecule has 0 saturated heterocycles. The number of aromatic nitrogens is 1. The fourth-order valence-corrected chi connectivity index (χ4v) is 4.67. The summed E-state index contributed by atoms with van der Waals surface area (Å²) in [6.45, 7) is 1.93. The van der Waals surface area contributed by atoms with E-state index >= 15 is 0 Å². The van der Waals surface area contributed by atoms with E-state index in [1.165, 1.54) is 18.2 Å². The molecule has 0 unspecified atom stereocenters. The molecule has 1 aromatic heterocycles. The molecule has 0 aliphatic heterocycles. The Morgan fingerprint density at radius 2 is 1.72 bits per heavy atom. The lowest BCUT2D eigenvalue weighted by molar-refractivity contribution is -0.137. The minimum Gasteiger partial charge on any atom is -0.349 e. The summed E-state index contributed by atoms with van der Waals surface area (Å²) in [6, 6.07) is 11.1. The molecule has 1 saturated carbocycles. The zero-order valence-corrected chi connectivity index (χ0v) is 17.6. The van der Waals surface area contributed by atoms with Gasteiger partial charge in [-0.2, -0.15) is 13.2 Å². The first kappa shape index (κ1) is 22.2. The van der Waals surface area contributed by atoms with Crippen LogP contribution in [0, 0.1) is 11.7 Å². The predicted octanol–water partition coefficient (Wildman–Crippen LogP) is 6.49. The number of pyridine rings is 1. The lowest BCUT2D eigenvalue weighted by atomic mass is 9.75. The number of carbonyl (C=O) groups is 1.